The average Bonchev–Trinajstić information content (AvgIpc) is 4.00. The van der Waals surface area contributed by atoms with E-state index in [4.69, 9.17) is 9.97 Å². The molecular formula is C42H36MnN8+4. The van der Waals surface area contributed by atoms with Gasteiger partial charge in [0.25, 0.3) is 11.6 Å². The van der Waals surface area contributed by atoms with Crippen LogP contribution >= 0.6 is 0 Å². The van der Waals surface area contributed by atoms with E-state index in [1.165, 1.54) is 0 Å². The van der Waals surface area contributed by atoms with Crippen molar-refractivity contribution in [2.24, 2.45) is 28.2 Å². The monoisotopic (exact) mass is 707 g/mol. The van der Waals surface area contributed by atoms with Crippen LogP contribution < -0.4 is 9.13 Å². The Morgan fingerprint density at radius 1 is 0.471 bits per heavy atom. The predicted octanol–water partition coefficient (Wildman–Crippen LogP) is 7.65. The van der Waals surface area contributed by atoms with E-state index in [0.29, 0.717) is 0 Å². The molecule has 9 heteroatoms. The summed E-state index contributed by atoms with van der Waals surface area (Å²) in [7, 11) is 8.31. The molecular weight excluding hydrogens is 671 g/mol. The van der Waals surface area contributed by atoms with E-state index in [0.717, 1.165) is 89.9 Å². The number of aryl methyl sites for hydroxylation is 4. The second kappa shape index (κ2) is 12.7. The van der Waals surface area contributed by atoms with E-state index < -0.39 is 0 Å². The van der Waals surface area contributed by atoms with Crippen molar-refractivity contribution in [1.29, 1.82) is 0 Å². The summed E-state index contributed by atoms with van der Waals surface area (Å²) < 4.78 is 8.59. The van der Waals surface area contributed by atoms with Gasteiger partial charge in [0.05, 0.1) is 62.0 Å². The molecule has 7 heterocycles. The van der Waals surface area contributed by atoms with Crippen molar-refractivity contribution < 1.29 is 26.2 Å². The summed E-state index contributed by atoms with van der Waals surface area (Å²) >= 11 is 0. The van der Waals surface area contributed by atoms with Gasteiger partial charge in [-0.3, -0.25) is 0 Å². The van der Waals surface area contributed by atoms with Gasteiger partial charge < -0.3 is 9.97 Å². The van der Waals surface area contributed by atoms with Crippen LogP contribution in [0.3, 0.4) is 0 Å². The molecule has 0 fully saturated rings. The molecule has 247 valence electrons. The van der Waals surface area contributed by atoms with Gasteiger partial charge in [0, 0.05) is 22.2 Å². The SMILES string of the molecule is Cn1cc[n+](C)c1-c1c2nc(c(-c3ccccc3)c3ccc([nH]3)c(-c3n(C)cc[n+]3C)c3nc(c(-c4ccccc4)c4ccc1[nH]4)C=C3)C=C2.[Mn+2]. The molecule has 2 N–H and O–H groups in total. The molecule has 51 heavy (non-hydrogen) atoms. The zero-order valence-electron chi connectivity index (χ0n) is 28.8. The second-order valence-corrected chi connectivity index (χ2v) is 12.9. The fraction of sp³-hybridized carbons (Fsp3) is 0.0952. The molecule has 0 saturated carbocycles. The number of H-pyrrole nitrogens is 2. The molecule has 0 unspecified atom stereocenters. The Morgan fingerprint density at radius 3 is 1.14 bits per heavy atom. The Bertz CT molecular complexity index is 2460. The number of nitrogens with zero attached hydrogens (tertiary/aromatic N) is 6. The number of hydrogen-bond acceptors (Lipinski definition) is 2. The third-order valence-electron chi connectivity index (χ3n) is 9.69. The number of rotatable bonds is 4. The summed E-state index contributed by atoms with van der Waals surface area (Å²) in [5, 5.41) is 0. The fourth-order valence-electron chi connectivity index (χ4n) is 7.38. The Morgan fingerprint density at radius 2 is 0.804 bits per heavy atom. The normalized spacial score (nSPS) is 12.0. The third-order valence-corrected chi connectivity index (χ3v) is 9.69. The van der Waals surface area contributed by atoms with Crippen LogP contribution in [0.15, 0.2) is 110 Å². The maximum Gasteiger partial charge on any atom is 2.00 e. The molecule has 0 amide bonds. The molecule has 0 saturated heterocycles. The van der Waals surface area contributed by atoms with E-state index in [1.54, 1.807) is 0 Å². The smallest absolute Gasteiger partial charge is 0.354 e. The van der Waals surface area contributed by atoms with Crippen molar-refractivity contribution in [2.75, 3.05) is 0 Å². The zero-order chi connectivity index (χ0) is 33.9. The van der Waals surface area contributed by atoms with Gasteiger partial charge in [-0.05, 0) is 59.7 Å². The van der Waals surface area contributed by atoms with Crippen molar-refractivity contribution >= 4 is 46.4 Å². The molecule has 0 atom stereocenters. The summed E-state index contributed by atoms with van der Waals surface area (Å²) in [5.41, 5.74) is 13.7. The van der Waals surface area contributed by atoms with Crippen molar-refractivity contribution in [3.63, 3.8) is 0 Å². The van der Waals surface area contributed by atoms with Gasteiger partial charge in [0.15, 0.2) is 0 Å². The van der Waals surface area contributed by atoms with Crippen molar-refractivity contribution in [3.8, 4) is 45.0 Å². The minimum Gasteiger partial charge on any atom is -0.354 e. The molecule has 0 spiro atoms. The number of nitrogens with one attached hydrogen (secondary N) is 2. The zero-order valence-corrected chi connectivity index (χ0v) is 29.9. The van der Waals surface area contributed by atoms with Crippen molar-refractivity contribution in [1.82, 2.24) is 29.1 Å². The summed E-state index contributed by atoms with van der Waals surface area (Å²) in [4.78, 5) is 18.4. The van der Waals surface area contributed by atoms with Crippen LogP contribution in [0.25, 0.3) is 91.4 Å². The van der Waals surface area contributed by atoms with Gasteiger partial charge in [-0.1, -0.05) is 60.7 Å². The third kappa shape index (κ3) is 5.38. The van der Waals surface area contributed by atoms with Crippen LogP contribution in [0, 0.1) is 0 Å². The van der Waals surface area contributed by atoms with Crippen LogP contribution in [0.4, 0.5) is 0 Å². The van der Waals surface area contributed by atoms with Crippen LogP contribution in [-0.4, -0.2) is 29.1 Å². The van der Waals surface area contributed by atoms with Gasteiger partial charge in [0.2, 0.25) is 0 Å². The van der Waals surface area contributed by atoms with Gasteiger partial charge >= 0.3 is 17.1 Å². The topological polar surface area (TPSA) is 75.0 Å². The first-order valence-corrected chi connectivity index (χ1v) is 16.7. The molecule has 2 aliphatic heterocycles. The summed E-state index contributed by atoms with van der Waals surface area (Å²) in [5.74, 6) is 2.08. The summed E-state index contributed by atoms with van der Waals surface area (Å²) in [6.45, 7) is 0. The van der Waals surface area contributed by atoms with Crippen LogP contribution in [0.5, 0.6) is 0 Å². The van der Waals surface area contributed by atoms with Crippen molar-refractivity contribution in [3.05, 3.63) is 132 Å². The number of fused-ring (bicyclic) bond motifs is 8. The Balaban J connectivity index is 0.00000374. The minimum atomic E-state index is 0. The van der Waals surface area contributed by atoms with E-state index in [1.807, 2.05) is 12.1 Å². The molecule has 2 aliphatic rings. The maximum atomic E-state index is 5.40. The molecule has 8 bridgehead atoms. The minimum absolute atomic E-state index is 0. The van der Waals surface area contributed by atoms with E-state index in [9.17, 15) is 0 Å². The first-order chi connectivity index (χ1) is 24.4. The van der Waals surface area contributed by atoms with E-state index in [2.05, 4.69) is 178 Å². The molecule has 1 radical (unpaired) electrons. The molecule has 9 rings (SSSR count). The second-order valence-electron chi connectivity index (χ2n) is 12.9. The summed E-state index contributed by atoms with van der Waals surface area (Å²) in [6, 6.07) is 29.7. The number of benzene rings is 2. The van der Waals surface area contributed by atoms with Crippen LogP contribution in [0.1, 0.15) is 22.8 Å². The molecule has 7 aromatic rings. The molecule has 8 nitrogen and oxygen atoms in total. The Kier molecular flexibility index (Phi) is 8.02. The van der Waals surface area contributed by atoms with Gasteiger partial charge in [-0.15, -0.1) is 0 Å². The first kappa shape index (κ1) is 32.2. The van der Waals surface area contributed by atoms with Gasteiger partial charge in [-0.25, -0.2) is 28.2 Å². The number of aromatic nitrogens is 8. The number of hydrogen-bond donors (Lipinski definition) is 2. The number of imidazole rings is 2. The standard InChI is InChI=1S/C42H35N8.Mn/c1-47-23-24-48(2)41(47)39-33-19-15-29(43-33)37(27-11-7-5-8-12-27)31-17-21-35(45-31)40(42-49(3)25-26-50(42)4)36-22-18-32(46-36)38(28-13-9-6-10-14-28)30-16-20-34(39)44-30;/h5-26H,1-4H3,(H,43,44,45,46);/q+1;+2/p+1. The maximum absolute atomic E-state index is 5.40. The molecule has 5 aromatic heterocycles. The van der Waals surface area contributed by atoms with Crippen LogP contribution in [-0.2, 0) is 45.3 Å². The largest absolute Gasteiger partial charge is 2.00 e. The fourth-order valence-corrected chi connectivity index (χ4v) is 7.38. The quantitative estimate of drug-likeness (QED) is 0.146. The first-order valence-electron chi connectivity index (χ1n) is 16.7. The van der Waals surface area contributed by atoms with Crippen LogP contribution in [0.2, 0.25) is 0 Å². The van der Waals surface area contributed by atoms with Gasteiger partial charge in [0.1, 0.15) is 35.9 Å². The molecule has 2 aromatic carbocycles. The Hall–Kier alpha value is -6.02. The Labute approximate surface area is 306 Å². The van der Waals surface area contributed by atoms with E-state index in [-0.39, 0.29) is 17.1 Å². The molecule has 0 aliphatic carbocycles. The summed E-state index contributed by atoms with van der Waals surface area (Å²) in [6.07, 6.45) is 16.9. The van der Waals surface area contributed by atoms with E-state index >= 15 is 0 Å². The van der Waals surface area contributed by atoms with Crippen molar-refractivity contribution in [2.45, 2.75) is 0 Å². The average molecular weight is 708 g/mol. The van der Waals surface area contributed by atoms with Gasteiger partial charge in [-0.2, -0.15) is 0 Å². The number of aromatic amines is 2. The predicted molar refractivity (Wildman–Crippen MR) is 201 cm³/mol.